The van der Waals surface area contributed by atoms with Crippen LogP contribution in [0, 0.1) is 11.6 Å². The summed E-state index contributed by atoms with van der Waals surface area (Å²) >= 11 is 7.15. The highest BCUT2D eigenvalue weighted by Gasteiger charge is 2.14. The maximum Gasteiger partial charge on any atom is 0.234 e. The van der Waals surface area contributed by atoms with E-state index in [0.717, 1.165) is 30.0 Å². The van der Waals surface area contributed by atoms with Crippen LogP contribution in [0.4, 0.5) is 14.5 Å². The van der Waals surface area contributed by atoms with Crippen molar-refractivity contribution in [2.75, 3.05) is 11.1 Å². The Hall–Kier alpha value is -2.65. The first-order chi connectivity index (χ1) is 13.4. The van der Waals surface area contributed by atoms with Crippen molar-refractivity contribution in [3.05, 3.63) is 64.9 Å². The summed E-state index contributed by atoms with van der Waals surface area (Å²) in [6.45, 7) is 0.147. The molecule has 0 atom stereocenters. The predicted octanol–water partition coefficient (Wildman–Crippen LogP) is 4.06. The monoisotopic (exact) mass is 424 g/mol. The highest BCUT2D eigenvalue weighted by molar-refractivity contribution is 7.99. The molecule has 6 nitrogen and oxygen atoms in total. The summed E-state index contributed by atoms with van der Waals surface area (Å²) in [5, 5.41) is 11.3. The van der Waals surface area contributed by atoms with Crippen LogP contribution in [-0.4, -0.2) is 26.4 Å². The fraction of sp³-hybridized carbons (Fsp3) is 0.167. The van der Waals surface area contributed by atoms with Crippen molar-refractivity contribution in [1.82, 2.24) is 14.8 Å². The maximum atomic E-state index is 13.6. The molecule has 0 aliphatic rings. The second-order valence-electron chi connectivity index (χ2n) is 5.64. The lowest BCUT2D eigenvalue weighted by Crippen LogP contribution is -2.15. The normalized spacial score (nSPS) is 10.7. The van der Waals surface area contributed by atoms with Crippen LogP contribution in [0.2, 0.25) is 5.02 Å². The number of carbonyl (C=O) groups is 1. The molecule has 3 aromatic rings. The number of carbonyl (C=O) groups excluding carboxylic acids is 1. The summed E-state index contributed by atoms with van der Waals surface area (Å²) in [7, 11) is 1.73. The number of aromatic nitrogens is 3. The van der Waals surface area contributed by atoms with Gasteiger partial charge in [0.25, 0.3) is 0 Å². The van der Waals surface area contributed by atoms with E-state index in [0.29, 0.717) is 21.8 Å². The Bertz CT molecular complexity index is 999. The molecule has 0 aliphatic carbocycles. The number of nitrogens with zero attached hydrogens (tertiary/aromatic N) is 3. The molecule has 3 rings (SSSR count). The van der Waals surface area contributed by atoms with Gasteiger partial charge in [-0.1, -0.05) is 35.5 Å². The second kappa shape index (κ2) is 9.03. The van der Waals surface area contributed by atoms with Crippen molar-refractivity contribution < 1.29 is 18.3 Å². The van der Waals surface area contributed by atoms with Gasteiger partial charge in [0, 0.05) is 13.1 Å². The van der Waals surface area contributed by atoms with Crippen molar-refractivity contribution in [1.29, 1.82) is 0 Å². The van der Waals surface area contributed by atoms with E-state index >= 15 is 0 Å². The molecule has 1 heterocycles. The van der Waals surface area contributed by atoms with Crippen LogP contribution in [0.1, 0.15) is 5.82 Å². The SMILES string of the molecule is Cn1c(COc2ccccc2Cl)nnc1SCC(=O)Nc1cc(F)ccc1F. The fourth-order valence-electron chi connectivity index (χ4n) is 2.21. The Labute approximate surface area is 168 Å². The summed E-state index contributed by atoms with van der Waals surface area (Å²) in [6, 6.07) is 9.91. The highest BCUT2D eigenvalue weighted by Crippen LogP contribution is 2.24. The van der Waals surface area contributed by atoms with Crippen molar-refractivity contribution >= 4 is 35.0 Å². The van der Waals surface area contributed by atoms with Gasteiger partial charge >= 0.3 is 0 Å². The minimum Gasteiger partial charge on any atom is -0.484 e. The van der Waals surface area contributed by atoms with E-state index < -0.39 is 17.5 Å². The van der Waals surface area contributed by atoms with Gasteiger partial charge in [-0.3, -0.25) is 4.79 Å². The third kappa shape index (κ3) is 4.99. The van der Waals surface area contributed by atoms with Gasteiger partial charge in [-0.25, -0.2) is 8.78 Å². The summed E-state index contributed by atoms with van der Waals surface area (Å²) in [4.78, 5) is 12.0. The molecular formula is C18H15ClF2N4O2S. The molecule has 2 aromatic carbocycles. The van der Waals surface area contributed by atoms with Crippen LogP contribution in [-0.2, 0) is 18.4 Å². The molecule has 0 fully saturated rings. The first-order valence-corrected chi connectivity index (χ1v) is 9.43. The number of hydrogen-bond acceptors (Lipinski definition) is 5. The number of nitrogens with one attached hydrogen (secondary N) is 1. The maximum absolute atomic E-state index is 13.6. The molecule has 1 N–H and O–H groups in total. The number of halogens is 3. The average Bonchev–Trinajstić information content (AvgIpc) is 3.02. The van der Waals surface area contributed by atoms with Crippen LogP contribution < -0.4 is 10.1 Å². The number of para-hydroxylation sites is 1. The van der Waals surface area contributed by atoms with Crippen molar-refractivity contribution in [3.63, 3.8) is 0 Å². The van der Waals surface area contributed by atoms with E-state index in [-0.39, 0.29) is 18.0 Å². The molecule has 0 radical (unpaired) electrons. The predicted molar refractivity (Wildman–Crippen MR) is 102 cm³/mol. The van der Waals surface area contributed by atoms with Gasteiger partial charge < -0.3 is 14.6 Å². The Morgan fingerprint density at radius 1 is 1.25 bits per heavy atom. The third-order valence-corrected chi connectivity index (χ3v) is 4.99. The number of benzene rings is 2. The molecule has 1 amide bonds. The minimum absolute atomic E-state index is 0.0483. The van der Waals surface area contributed by atoms with Gasteiger partial charge in [-0.15, -0.1) is 10.2 Å². The summed E-state index contributed by atoms with van der Waals surface area (Å²) < 4.78 is 34.0. The molecule has 10 heteroatoms. The van der Waals surface area contributed by atoms with Gasteiger partial charge in [-0.05, 0) is 24.3 Å². The molecule has 0 saturated carbocycles. The van der Waals surface area contributed by atoms with Crippen LogP contribution in [0.25, 0.3) is 0 Å². The largest absolute Gasteiger partial charge is 0.484 e. The lowest BCUT2D eigenvalue weighted by molar-refractivity contribution is -0.113. The molecule has 0 saturated heterocycles. The summed E-state index contributed by atoms with van der Waals surface area (Å²) in [5.74, 6) is -0.825. The van der Waals surface area contributed by atoms with Crippen molar-refractivity contribution in [2.24, 2.45) is 7.05 Å². The van der Waals surface area contributed by atoms with Crippen LogP contribution in [0.3, 0.4) is 0 Å². The average molecular weight is 425 g/mol. The van der Waals surface area contributed by atoms with E-state index in [1.165, 1.54) is 0 Å². The Morgan fingerprint density at radius 2 is 2.04 bits per heavy atom. The number of ether oxygens (including phenoxy) is 1. The zero-order valence-corrected chi connectivity index (χ0v) is 16.2. The van der Waals surface area contributed by atoms with Crippen molar-refractivity contribution in [2.45, 2.75) is 11.8 Å². The van der Waals surface area contributed by atoms with Crippen LogP contribution >= 0.6 is 23.4 Å². The number of thioether (sulfide) groups is 1. The summed E-state index contributed by atoms with van der Waals surface area (Å²) in [5.41, 5.74) is -0.211. The van der Waals surface area contributed by atoms with Crippen LogP contribution in [0.15, 0.2) is 47.6 Å². The lowest BCUT2D eigenvalue weighted by Gasteiger charge is -2.08. The fourth-order valence-corrected chi connectivity index (χ4v) is 3.13. The van der Waals surface area contributed by atoms with Gasteiger partial charge in [0.05, 0.1) is 16.5 Å². The second-order valence-corrected chi connectivity index (χ2v) is 6.99. The van der Waals surface area contributed by atoms with Crippen LogP contribution in [0.5, 0.6) is 5.75 Å². The molecule has 1 aromatic heterocycles. The van der Waals surface area contributed by atoms with E-state index in [4.69, 9.17) is 16.3 Å². The molecule has 146 valence electrons. The Balaban J connectivity index is 1.56. The lowest BCUT2D eigenvalue weighted by atomic mass is 10.3. The number of hydrogen-bond donors (Lipinski definition) is 1. The molecule has 28 heavy (non-hydrogen) atoms. The minimum atomic E-state index is -0.711. The number of amides is 1. The van der Waals surface area contributed by atoms with E-state index in [1.54, 1.807) is 35.9 Å². The van der Waals surface area contributed by atoms with Gasteiger partial charge in [0.1, 0.15) is 24.0 Å². The smallest absolute Gasteiger partial charge is 0.234 e. The number of rotatable bonds is 7. The standard InChI is InChI=1S/C18H15ClF2N4O2S/c1-25-16(9-27-15-5-3-2-4-12(15)19)23-24-18(25)28-10-17(26)22-14-8-11(20)6-7-13(14)21/h2-8H,9-10H2,1H3,(H,22,26). The molecule has 0 unspecified atom stereocenters. The van der Waals surface area contributed by atoms with Gasteiger partial charge in [0.15, 0.2) is 11.0 Å². The Kier molecular flexibility index (Phi) is 6.48. The summed E-state index contributed by atoms with van der Waals surface area (Å²) in [6.07, 6.45) is 0. The molecule has 0 bridgehead atoms. The Morgan fingerprint density at radius 3 is 2.82 bits per heavy atom. The van der Waals surface area contributed by atoms with E-state index in [1.807, 2.05) is 0 Å². The molecular weight excluding hydrogens is 410 g/mol. The third-order valence-electron chi connectivity index (χ3n) is 3.65. The van der Waals surface area contributed by atoms with E-state index in [9.17, 15) is 13.6 Å². The van der Waals surface area contributed by atoms with E-state index in [2.05, 4.69) is 15.5 Å². The van der Waals surface area contributed by atoms with Gasteiger partial charge in [-0.2, -0.15) is 0 Å². The zero-order valence-electron chi connectivity index (χ0n) is 14.7. The first kappa shape index (κ1) is 20.1. The zero-order chi connectivity index (χ0) is 20.1. The number of anilines is 1. The van der Waals surface area contributed by atoms with Crippen molar-refractivity contribution in [3.8, 4) is 5.75 Å². The van der Waals surface area contributed by atoms with Gasteiger partial charge in [0.2, 0.25) is 5.91 Å². The first-order valence-electron chi connectivity index (χ1n) is 8.07. The quantitative estimate of drug-likeness (QED) is 0.579. The highest BCUT2D eigenvalue weighted by atomic mass is 35.5. The topological polar surface area (TPSA) is 69.0 Å². The molecule has 0 spiro atoms. The molecule has 0 aliphatic heterocycles.